The zero-order valence-electron chi connectivity index (χ0n) is 4.90. The molecular formula is C5H10N2O. The summed E-state index contributed by atoms with van der Waals surface area (Å²) in [6.45, 7) is 0.824. The maximum Gasteiger partial charge on any atom is 0.237 e. The predicted molar refractivity (Wildman–Crippen MR) is 30.5 cm³/mol. The van der Waals surface area contributed by atoms with Crippen molar-refractivity contribution in [2.24, 2.45) is 0 Å². The van der Waals surface area contributed by atoms with E-state index in [1.54, 1.807) is 7.05 Å². The van der Waals surface area contributed by atoms with E-state index in [2.05, 4.69) is 10.6 Å². The second-order valence-electron chi connectivity index (χ2n) is 1.92. The van der Waals surface area contributed by atoms with E-state index in [0.29, 0.717) is 0 Å². The van der Waals surface area contributed by atoms with Crippen molar-refractivity contribution in [3.05, 3.63) is 0 Å². The van der Waals surface area contributed by atoms with Gasteiger partial charge in [0.25, 0.3) is 0 Å². The molecule has 1 heterocycles. The summed E-state index contributed by atoms with van der Waals surface area (Å²) < 4.78 is 0. The van der Waals surface area contributed by atoms with Crippen LogP contribution in [0.4, 0.5) is 0 Å². The summed E-state index contributed by atoms with van der Waals surface area (Å²) in [7, 11) is 1.80. The van der Waals surface area contributed by atoms with Gasteiger partial charge >= 0.3 is 0 Å². The predicted octanol–water partition coefficient (Wildman–Crippen LogP) is -0.906. The van der Waals surface area contributed by atoms with Gasteiger partial charge in [-0.05, 0) is 13.5 Å². The maximum absolute atomic E-state index is 10.6. The minimum absolute atomic E-state index is 0.0648. The number of carbonyl (C=O) groups excluding carboxylic acids is 1. The molecule has 0 aromatic rings. The maximum atomic E-state index is 10.6. The van der Waals surface area contributed by atoms with Gasteiger partial charge in [-0.15, -0.1) is 0 Å². The number of amides is 1. The fourth-order valence-electron chi connectivity index (χ4n) is 0.869. The second-order valence-corrected chi connectivity index (χ2v) is 1.92. The Morgan fingerprint density at radius 1 is 1.88 bits per heavy atom. The number of nitrogens with one attached hydrogen (secondary N) is 2. The molecule has 0 spiro atoms. The van der Waals surface area contributed by atoms with Crippen LogP contribution in [0.2, 0.25) is 0 Å². The highest BCUT2D eigenvalue weighted by Gasteiger charge is 2.20. The molecule has 0 aliphatic carbocycles. The highest BCUT2D eigenvalue weighted by Crippen LogP contribution is 1.96. The molecule has 3 nitrogen and oxygen atoms in total. The Hall–Kier alpha value is -0.570. The molecule has 0 saturated carbocycles. The normalized spacial score (nSPS) is 28.1. The van der Waals surface area contributed by atoms with E-state index in [1.165, 1.54) is 0 Å². The fraction of sp³-hybridized carbons (Fsp3) is 0.800. The van der Waals surface area contributed by atoms with Crippen molar-refractivity contribution < 1.29 is 4.79 Å². The standard InChI is InChI=1S/C5H10N2O/c1-6-4-2-3-7-5(4)8/h4,6H,2-3H2,1H3,(H,7,8)/t4-/m1/s1. The molecule has 1 amide bonds. The summed E-state index contributed by atoms with van der Waals surface area (Å²) in [5, 5.41) is 5.62. The van der Waals surface area contributed by atoms with E-state index in [1.807, 2.05) is 0 Å². The van der Waals surface area contributed by atoms with Crippen molar-refractivity contribution in [2.75, 3.05) is 13.6 Å². The third-order valence-corrected chi connectivity index (χ3v) is 1.40. The molecule has 2 N–H and O–H groups in total. The Labute approximate surface area is 48.5 Å². The quantitative estimate of drug-likeness (QED) is 0.463. The van der Waals surface area contributed by atoms with E-state index in [4.69, 9.17) is 0 Å². The molecule has 1 aliphatic heterocycles. The van der Waals surface area contributed by atoms with E-state index in [0.717, 1.165) is 13.0 Å². The van der Waals surface area contributed by atoms with Gasteiger partial charge in [0.15, 0.2) is 0 Å². The Morgan fingerprint density at radius 3 is 2.88 bits per heavy atom. The first-order chi connectivity index (χ1) is 3.84. The van der Waals surface area contributed by atoms with E-state index in [-0.39, 0.29) is 11.9 Å². The Balaban J connectivity index is 2.42. The van der Waals surface area contributed by atoms with Gasteiger partial charge in [-0.2, -0.15) is 0 Å². The molecule has 1 atom stereocenters. The van der Waals surface area contributed by atoms with Crippen molar-refractivity contribution >= 4 is 5.91 Å². The first-order valence-corrected chi connectivity index (χ1v) is 2.79. The fourth-order valence-corrected chi connectivity index (χ4v) is 0.869. The molecule has 8 heavy (non-hydrogen) atoms. The highest BCUT2D eigenvalue weighted by atomic mass is 16.2. The molecule has 0 radical (unpaired) electrons. The lowest BCUT2D eigenvalue weighted by molar-refractivity contribution is -0.120. The molecule has 3 heteroatoms. The smallest absolute Gasteiger partial charge is 0.237 e. The lowest BCUT2D eigenvalue weighted by Gasteiger charge is -2.00. The summed E-state index contributed by atoms with van der Waals surface area (Å²) >= 11 is 0. The highest BCUT2D eigenvalue weighted by molar-refractivity contribution is 5.83. The van der Waals surface area contributed by atoms with Gasteiger partial charge in [0.2, 0.25) is 5.91 Å². The molecule has 46 valence electrons. The monoisotopic (exact) mass is 114 g/mol. The summed E-state index contributed by atoms with van der Waals surface area (Å²) in [5.74, 6) is 0.132. The largest absolute Gasteiger partial charge is 0.355 e. The van der Waals surface area contributed by atoms with E-state index in [9.17, 15) is 4.79 Å². The number of rotatable bonds is 1. The van der Waals surface area contributed by atoms with Crippen LogP contribution in [-0.4, -0.2) is 25.5 Å². The third-order valence-electron chi connectivity index (χ3n) is 1.40. The van der Waals surface area contributed by atoms with E-state index >= 15 is 0 Å². The summed E-state index contributed by atoms with van der Waals surface area (Å²) in [5.41, 5.74) is 0. The Kier molecular flexibility index (Phi) is 1.48. The summed E-state index contributed by atoms with van der Waals surface area (Å²) in [6, 6.07) is 0.0648. The van der Waals surface area contributed by atoms with E-state index < -0.39 is 0 Å². The molecule has 0 bridgehead atoms. The van der Waals surface area contributed by atoms with Gasteiger partial charge in [-0.3, -0.25) is 4.79 Å². The number of likely N-dealkylation sites (N-methyl/N-ethyl adjacent to an activating group) is 1. The molecule has 1 fully saturated rings. The van der Waals surface area contributed by atoms with Crippen LogP contribution in [0.1, 0.15) is 6.42 Å². The molecule has 0 aromatic carbocycles. The van der Waals surface area contributed by atoms with Gasteiger partial charge in [0.1, 0.15) is 0 Å². The van der Waals surface area contributed by atoms with Crippen molar-refractivity contribution in [1.29, 1.82) is 0 Å². The van der Waals surface area contributed by atoms with Gasteiger partial charge < -0.3 is 10.6 Å². The first kappa shape index (κ1) is 5.56. The third kappa shape index (κ3) is 0.816. The lowest BCUT2D eigenvalue weighted by Crippen LogP contribution is -2.33. The van der Waals surface area contributed by atoms with Crippen LogP contribution in [0.25, 0.3) is 0 Å². The number of hydrogen-bond donors (Lipinski definition) is 2. The lowest BCUT2D eigenvalue weighted by atomic mass is 10.3. The van der Waals surface area contributed by atoms with Crippen LogP contribution in [0.3, 0.4) is 0 Å². The number of hydrogen-bond acceptors (Lipinski definition) is 2. The van der Waals surface area contributed by atoms with Crippen LogP contribution in [0.5, 0.6) is 0 Å². The van der Waals surface area contributed by atoms with Crippen LogP contribution in [0, 0.1) is 0 Å². The Bertz CT molecular complexity index is 103. The SMILES string of the molecule is CN[C@@H]1CCNC1=O. The van der Waals surface area contributed by atoms with Gasteiger partial charge in [0.05, 0.1) is 6.04 Å². The first-order valence-electron chi connectivity index (χ1n) is 2.79. The van der Waals surface area contributed by atoms with Crippen LogP contribution in [-0.2, 0) is 4.79 Å². The van der Waals surface area contributed by atoms with Crippen molar-refractivity contribution in [2.45, 2.75) is 12.5 Å². The number of carbonyl (C=O) groups is 1. The molecule has 1 rings (SSSR count). The van der Waals surface area contributed by atoms with Crippen LogP contribution >= 0.6 is 0 Å². The van der Waals surface area contributed by atoms with Gasteiger partial charge in [-0.25, -0.2) is 0 Å². The topological polar surface area (TPSA) is 41.1 Å². The van der Waals surface area contributed by atoms with Crippen LogP contribution < -0.4 is 10.6 Å². The second kappa shape index (κ2) is 2.13. The van der Waals surface area contributed by atoms with Crippen LogP contribution in [0.15, 0.2) is 0 Å². The van der Waals surface area contributed by atoms with Crippen molar-refractivity contribution in [3.63, 3.8) is 0 Å². The van der Waals surface area contributed by atoms with Crippen molar-refractivity contribution in [1.82, 2.24) is 10.6 Å². The zero-order chi connectivity index (χ0) is 5.98. The minimum Gasteiger partial charge on any atom is -0.355 e. The summed E-state index contributed by atoms with van der Waals surface area (Å²) in [6.07, 6.45) is 0.926. The van der Waals surface area contributed by atoms with Gasteiger partial charge in [-0.1, -0.05) is 0 Å². The summed E-state index contributed by atoms with van der Waals surface area (Å²) in [4.78, 5) is 10.6. The Morgan fingerprint density at radius 2 is 2.62 bits per heavy atom. The molecule has 1 aliphatic rings. The molecular weight excluding hydrogens is 104 g/mol. The average molecular weight is 114 g/mol. The van der Waals surface area contributed by atoms with Crippen molar-refractivity contribution in [3.8, 4) is 0 Å². The minimum atomic E-state index is 0.0648. The zero-order valence-corrected chi connectivity index (χ0v) is 4.90. The molecule has 1 saturated heterocycles. The van der Waals surface area contributed by atoms with Gasteiger partial charge in [0, 0.05) is 6.54 Å². The average Bonchev–Trinajstić information content (AvgIpc) is 2.14. The molecule has 0 unspecified atom stereocenters. The molecule has 0 aromatic heterocycles.